The van der Waals surface area contributed by atoms with Gasteiger partial charge in [0.15, 0.2) is 0 Å². The van der Waals surface area contributed by atoms with Crippen molar-refractivity contribution in [3.63, 3.8) is 0 Å². The number of aromatic nitrogens is 2. The highest BCUT2D eigenvalue weighted by Crippen LogP contribution is 2.18. The summed E-state index contributed by atoms with van der Waals surface area (Å²) >= 11 is 3.34. The van der Waals surface area contributed by atoms with Gasteiger partial charge in [-0.1, -0.05) is 21.1 Å². The van der Waals surface area contributed by atoms with Crippen molar-refractivity contribution >= 4 is 22.2 Å². The molecule has 0 saturated carbocycles. The Hall–Kier alpha value is -1.49. The first-order chi connectivity index (χ1) is 7.29. The first kappa shape index (κ1) is 10.0. The second-order valence-corrected chi connectivity index (χ2v) is 3.81. The lowest BCUT2D eigenvalue weighted by atomic mass is 10.2. The number of carbonyl (C=O) groups excluding carboxylic acids is 1. The molecule has 0 radical (unpaired) electrons. The van der Waals surface area contributed by atoms with Crippen LogP contribution in [0.4, 0.5) is 0 Å². The van der Waals surface area contributed by atoms with E-state index in [2.05, 4.69) is 26.1 Å². The van der Waals surface area contributed by atoms with Gasteiger partial charge in [-0.3, -0.25) is 0 Å². The van der Waals surface area contributed by atoms with Crippen molar-refractivity contribution < 1.29 is 9.32 Å². The third-order valence-corrected chi connectivity index (χ3v) is 2.36. The fraction of sp³-hybridized carbons (Fsp3) is 0.100. The lowest BCUT2D eigenvalue weighted by molar-refractivity contribution is -0.107. The number of carbonyl (C=O) groups is 1. The Morgan fingerprint density at radius 3 is 2.73 bits per heavy atom. The third kappa shape index (κ3) is 2.30. The van der Waals surface area contributed by atoms with E-state index in [-0.39, 0.29) is 6.42 Å². The van der Waals surface area contributed by atoms with E-state index in [1.54, 1.807) is 0 Å². The number of nitrogens with zero attached hydrogens (tertiary/aromatic N) is 2. The molecule has 1 aromatic carbocycles. The van der Waals surface area contributed by atoms with E-state index in [4.69, 9.17) is 4.52 Å². The van der Waals surface area contributed by atoms with E-state index in [1.165, 1.54) is 0 Å². The minimum absolute atomic E-state index is 0.156. The van der Waals surface area contributed by atoms with Gasteiger partial charge in [0, 0.05) is 10.0 Å². The van der Waals surface area contributed by atoms with Gasteiger partial charge >= 0.3 is 0 Å². The minimum Gasteiger partial charge on any atom is -0.339 e. The summed E-state index contributed by atoms with van der Waals surface area (Å²) in [5, 5.41) is 3.77. The van der Waals surface area contributed by atoms with Crippen molar-refractivity contribution in [2.75, 3.05) is 0 Å². The maximum Gasteiger partial charge on any atom is 0.234 e. The molecule has 0 aliphatic rings. The van der Waals surface area contributed by atoms with E-state index in [1.807, 2.05) is 24.3 Å². The average Bonchev–Trinajstić information content (AvgIpc) is 2.68. The van der Waals surface area contributed by atoms with Gasteiger partial charge in [-0.2, -0.15) is 4.98 Å². The number of halogens is 1. The minimum atomic E-state index is 0.156. The van der Waals surface area contributed by atoms with Gasteiger partial charge in [0.1, 0.15) is 6.29 Å². The number of aldehydes is 1. The number of benzene rings is 1. The molecule has 0 saturated heterocycles. The van der Waals surface area contributed by atoms with Crippen LogP contribution >= 0.6 is 15.9 Å². The predicted octanol–water partition coefficient (Wildman–Crippen LogP) is 2.24. The van der Waals surface area contributed by atoms with Crippen molar-refractivity contribution in [1.29, 1.82) is 0 Å². The van der Waals surface area contributed by atoms with Crippen molar-refractivity contribution in [3.8, 4) is 11.4 Å². The Morgan fingerprint density at radius 2 is 2.07 bits per heavy atom. The summed E-state index contributed by atoms with van der Waals surface area (Å²) in [6.07, 6.45) is 0.891. The average molecular weight is 267 g/mol. The Balaban J connectivity index is 2.28. The molecule has 1 heterocycles. The number of rotatable bonds is 3. The Kier molecular flexibility index (Phi) is 2.91. The highest BCUT2D eigenvalue weighted by Gasteiger charge is 2.07. The molecule has 2 aromatic rings. The summed E-state index contributed by atoms with van der Waals surface area (Å²) in [5.41, 5.74) is 0.860. The monoisotopic (exact) mass is 266 g/mol. The van der Waals surface area contributed by atoms with E-state index >= 15 is 0 Å². The van der Waals surface area contributed by atoms with Crippen LogP contribution in [0.2, 0.25) is 0 Å². The normalized spacial score (nSPS) is 10.2. The lowest BCUT2D eigenvalue weighted by Gasteiger charge is -1.93. The summed E-state index contributed by atoms with van der Waals surface area (Å²) in [7, 11) is 0. The maximum absolute atomic E-state index is 10.2. The lowest BCUT2D eigenvalue weighted by Crippen LogP contribution is -1.85. The van der Waals surface area contributed by atoms with Crippen molar-refractivity contribution in [2.45, 2.75) is 6.42 Å². The molecule has 1 aromatic heterocycles. The van der Waals surface area contributed by atoms with Crippen LogP contribution in [-0.2, 0) is 11.2 Å². The Bertz CT molecular complexity index is 465. The Morgan fingerprint density at radius 1 is 1.33 bits per heavy atom. The van der Waals surface area contributed by atoms with Crippen LogP contribution in [0.3, 0.4) is 0 Å². The fourth-order valence-electron chi connectivity index (χ4n) is 1.13. The second-order valence-electron chi connectivity index (χ2n) is 2.89. The molecular formula is C10H7BrN2O2. The van der Waals surface area contributed by atoms with Crippen LogP contribution in [0, 0.1) is 0 Å². The molecule has 0 atom stereocenters. The highest BCUT2D eigenvalue weighted by molar-refractivity contribution is 9.10. The molecule has 15 heavy (non-hydrogen) atoms. The SMILES string of the molecule is O=CCc1nc(-c2ccc(Br)cc2)no1. The fourth-order valence-corrected chi connectivity index (χ4v) is 1.39. The molecule has 0 N–H and O–H groups in total. The van der Waals surface area contributed by atoms with Gasteiger partial charge < -0.3 is 9.32 Å². The molecule has 0 amide bonds. The zero-order chi connectivity index (χ0) is 10.7. The molecule has 76 valence electrons. The topological polar surface area (TPSA) is 56.0 Å². The zero-order valence-electron chi connectivity index (χ0n) is 7.68. The molecule has 2 rings (SSSR count). The number of hydrogen-bond acceptors (Lipinski definition) is 4. The van der Waals surface area contributed by atoms with Crippen molar-refractivity contribution in [1.82, 2.24) is 10.1 Å². The van der Waals surface area contributed by atoms with Crippen LogP contribution in [0.5, 0.6) is 0 Å². The van der Waals surface area contributed by atoms with Gasteiger partial charge in [-0.25, -0.2) is 0 Å². The van der Waals surface area contributed by atoms with Crippen molar-refractivity contribution in [2.24, 2.45) is 0 Å². The largest absolute Gasteiger partial charge is 0.339 e. The maximum atomic E-state index is 10.2. The first-order valence-corrected chi connectivity index (χ1v) is 5.11. The number of hydrogen-bond donors (Lipinski definition) is 0. The van der Waals surface area contributed by atoms with Gasteiger partial charge in [0.2, 0.25) is 11.7 Å². The standard InChI is InChI=1S/C10H7BrN2O2/c11-8-3-1-7(2-4-8)10-12-9(5-6-14)15-13-10/h1-4,6H,5H2. The molecule has 5 heteroatoms. The molecule has 0 bridgehead atoms. The Labute approximate surface area is 94.4 Å². The van der Waals surface area contributed by atoms with Crippen molar-refractivity contribution in [3.05, 3.63) is 34.6 Å². The molecule has 0 fully saturated rings. The second kappa shape index (κ2) is 4.35. The summed E-state index contributed by atoms with van der Waals surface area (Å²) in [6.45, 7) is 0. The van der Waals surface area contributed by atoms with Crippen LogP contribution in [0.25, 0.3) is 11.4 Å². The molecule has 4 nitrogen and oxygen atoms in total. The smallest absolute Gasteiger partial charge is 0.234 e. The summed E-state index contributed by atoms with van der Waals surface area (Å²) < 4.78 is 5.87. The summed E-state index contributed by atoms with van der Waals surface area (Å²) in [4.78, 5) is 14.3. The van der Waals surface area contributed by atoms with Crippen LogP contribution < -0.4 is 0 Å². The van der Waals surface area contributed by atoms with Crippen LogP contribution in [-0.4, -0.2) is 16.4 Å². The van der Waals surface area contributed by atoms with Gasteiger partial charge in [-0.05, 0) is 24.3 Å². The summed E-state index contributed by atoms with van der Waals surface area (Å²) in [6, 6.07) is 7.54. The molecule has 0 spiro atoms. The first-order valence-electron chi connectivity index (χ1n) is 4.32. The van der Waals surface area contributed by atoms with E-state index < -0.39 is 0 Å². The van der Waals surface area contributed by atoms with Gasteiger partial charge in [-0.15, -0.1) is 0 Å². The third-order valence-electron chi connectivity index (χ3n) is 1.83. The van der Waals surface area contributed by atoms with Gasteiger partial charge in [0.25, 0.3) is 0 Å². The predicted molar refractivity (Wildman–Crippen MR) is 57.2 cm³/mol. The molecule has 0 aliphatic carbocycles. The van der Waals surface area contributed by atoms with Crippen LogP contribution in [0.15, 0.2) is 33.3 Å². The summed E-state index contributed by atoms with van der Waals surface area (Å²) in [5.74, 6) is 0.835. The van der Waals surface area contributed by atoms with Gasteiger partial charge in [0.05, 0.1) is 6.42 Å². The highest BCUT2D eigenvalue weighted by atomic mass is 79.9. The van der Waals surface area contributed by atoms with E-state index in [0.29, 0.717) is 11.7 Å². The van der Waals surface area contributed by atoms with E-state index in [0.717, 1.165) is 16.3 Å². The molecule has 0 unspecified atom stereocenters. The molecule has 0 aliphatic heterocycles. The van der Waals surface area contributed by atoms with E-state index in [9.17, 15) is 4.79 Å². The zero-order valence-corrected chi connectivity index (χ0v) is 9.27. The quantitative estimate of drug-likeness (QED) is 0.800. The molecular weight excluding hydrogens is 260 g/mol. The van der Waals surface area contributed by atoms with Crippen LogP contribution in [0.1, 0.15) is 5.89 Å².